The molecular formula is C8H3Cl4NO. The minimum absolute atomic E-state index is 0.138. The van der Waals surface area contributed by atoms with Gasteiger partial charge in [-0.15, -0.1) is 0 Å². The molecule has 1 rings (SSSR count). The molecule has 0 aliphatic carbocycles. The number of nitrogens with zero attached hydrogens (tertiary/aromatic N) is 1. The number of hydrogen-bond acceptors (Lipinski definition) is 2. The molecular weight excluding hydrogens is 268 g/mol. The van der Waals surface area contributed by atoms with Crippen LogP contribution in [0.2, 0.25) is 10.2 Å². The number of pyridine rings is 1. The van der Waals surface area contributed by atoms with Crippen LogP contribution >= 0.6 is 46.4 Å². The van der Waals surface area contributed by atoms with E-state index in [0.717, 1.165) is 6.08 Å². The molecule has 74 valence electrons. The SMILES string of the molecule is O=C(C=C(Cl)Cl)c1cnc(Cl)cc1Cl. The molecule has 0 bridgehead atoms. The maximum atomic E-state index is 11.4. The van der Waals surface area contributed by atoms with E-state index in [0.29, 0.717) is 0 Å². The fraction of sp³-hybridized carbons (Fsp3) is 0. The van der Waals surface area contributed by atoms with Crippen molar-refractivity contribution in [3.63, 3.8) is 0 Å². The van der Waals surface area contributed by atoms with Crippen molar-refractivity contribution in [2.75, 3.05) is 0 Å². The number of rotatable bonds is 2. The van der Waals surface area contributed by atoms with Crippen molar-refractivity contribution in [2.45, 2.75) is 0 Å². The zero-order valence-corrected chi connectivity index (χ0v) is 9.62. The molecule has 0 fully saturated rings. The molecule has 0 N–H and O–H groups in total. The Labute approximate surface area is 100 Å². The molecule has 0 aliphatic heterocycles. The van der Waals surface area contributed by atoms with Crippen LogP contribution in [-0.2, 0) is 0 Å². The summed E-state index contributed by atoms with van der Waals surface area (Å²) in [6.45, 7) is 0. The van der Waals surface area contributed by atoms with Crippen molar-refractivity contribution in [3.8, 4) is 0 Å². The molecule has 2 nitrogen and oxygen atoms in total. The van der Waals surface area contributed by atoms with Crippen molar-refractivity contribution in [1.29, 1.82) is 0 Å². The lowest BCUT2D eigenvalue weighted by molar-refractivity contribution is 0.104. The number of carbonyl (C=O) groups excluding carboxylic acids is 1. The molecule has 0 saturated carbocycles. The van der Waals surface area contributed by atoms with Gasteiger partial charge in [-0.05, 0) is 6.07 Å². The third-order valence-corrected chi connectivity index (χ3v) is 2.06. The van der Waals surface area contributed by atoms with Gasteiger partial charge in [0.1, 0.15) is 9.64 Å². The Morgan fingerprint density at radius 3 is 2.50 bits per heavy atom. The average molecular weight is 271 g/mol. The second-order valence-electron chi connectivity index (χ2n) is 2.29. The van der Waals surface area contributed by atoms with E-state index in [4.69, 9.17) is 46.4 Å². The Hall–Kier alpha value is -0.280. The van der Waals surface area contributed by atoms with Crippen molar-refractivity contribution >= 4 is 52.2 Å². The summed E-state index contributed by atoms with van der Waals surface area (Å²) in [6.07, 6.45) is 2.31. The summed E-state index contributed by atoms with van der Waals surface area (Å²) in [5.41, 5.74) is 0.204. The Balaban J connectivity index is 3.08. The minimum atomic E-state index is -0.417. The zero-order chi connectivity index (χ0) is 10.7. The second kappa shape index (κ2) is 4.99. The Morgan fingerprint density at radius 2 is 2.00 bits per heavy atom. The van der Waals surface area contributed by atoms with Crippen molar-refractivity contribution in [2.24, 2.45) is 0 Å². The van der Waals surface area contributed by atoms with Gasteiger partial charge in [-0.3, -0.25) is 4.79 Å². The standard InChI is InChI=1S/C8H3Cl4NO/c9-5-1-8(12)13-3-4(5)6(14)2-7(10)11/h1-3H. The van der Waals surface area contributed by atoms with Gasteiger partial charge in [0.2, 0.25) is 0 Å². The lowest BCUT2D eigenvalue weighted by atomic mass is 10.2. The van der Waals surface area contributed by atoms with Gasteiger partial charge >= 0.3 is 0 Å². The average Bonchev–Trinajstić information content (AvgIpc) is 2.01. The Kier molecular flexibility index (Phi) is 4.20. The van der Waals surface area contributed by atoms with Crippen LogP contribution < -0.4 is 0 Å². The van der Waals surface area contributed by atoms with Crippen molar-refractivity contribution < 1.29 is 4.79 Å². The first-order valence-electron chi connectivity index (χ1n) is 3.39. The topological polar surface area (TPSA) is 30.0 Å². The maximum Gasteiger partial charge on any atom is 0.191 e. The molecule has 0 amide bonds. The third-order valence-electron chi connectivity index (χ3n) is 1.33. The molecule has 0 unspecified atom stereocenters. The lowest BCUT2D eigenvalue weighted by Crippen LogP contribution is -1.96. The summed E-state index contributed by atoms with van der Waals surface area (Å²) in [6, 6.07) is 1.37. The van der Waals surface area contributed by atoms with Gasteiger partial charge in [0.25, 0.3) is 0 Å². The summed E-state index contributed by atoms with van der Waals surface area (Å²) >= 11 is 21.9. The highest BCUT2D eigenvalue weighted by molar-refractivity contribution is 6.57. The normalized spacial score (nSPS) is 9.71. The monoisotopic (exact) mass is 269 g/mol. The van der Waals surface area contributed by atoms with Gasteiger partial charge in [-0.2, -0.15) is 0 Å². The van der Waals surface area contributed by atoms with Crippen LogP contribution in [0.4, 0.5) is 0 Å². The van der Waals surface area contributed by atoms with Gasteiger partial charge in [0.15, 0.2) is 5.78 Å². The quantitative estimate of drug-likeness (QED) is 0.464. The number of hydrogen-bond donors (Lipinski definition) is 0. The largest absolute Gasteiger partial charge is 0.289 e. The first-order chi connectivity index (χ1) is 6.50. The van der Waals surface area contributed by atoms with Gasteiger partial charge in [-0.1, -0.05) is 46.4 Å². The van der Waals surface area contributed by atoms with Crippen molar-refractivity contribution in [1.82, 2.24) is 4.98 Å². The first-order valence-corrected chi connectivity index (χ1v) is 4.90. The van der Waals surface area contributed by atoms with Gasteiger partial charge in [0.05, 0.1) is 10.6 Å². The van der Waals surface area contributed by atoms with E-state index < -0.39 is 5.78 Å². The van der Waals surface area contributed by atoms with Crippen LogP contribution in [0, 0.1) is 0 Å². The fourth-order valence-corrected chi connectivity index (χ4v) is 1.42. The summed E-state index contributed by atoms with van der Waals surface area (Å²) in [5.74, 6) is -0.417. The van der Waals surface area contributed by atoms with E-state index in [1.165, 1.54) is 12.3 Å². The highest BCUT2D eigenvalue weighted by atomic mass is 35.5. The summed E-state index contributed by atoms with van der Waals surface area (Å²) in [4.78, 5) is 15.1. The zero-order valence-electron chi connectivity index (χ0n) is 6.60. The lowest BCUT2D eigenvalue weighted by Gasteiger charge is -1.98. The predicted octanol–water partition coefficient (Wildman–Crippen LogP) is 3.89. The molecule has 0 radical (unpaired) electrons. The van der Waals surface area contributed by atoms with Gasteiger partial charge in [0, 0.05) is 12.3 Å². The van der Waals surface area contributed by atoms with E-state index in [-0.39, 0.29) is 20.2 Å². The minimum Gasteiger partial charge on any atom is -0.289 e. The van der Waals surface area contributed by atoms with Crippen LogP contribution in [0.25, 0.3) is 0 Å². The fourth-order valence-electron chi connectivity index (χ4n) is 0.766. The van der Waals surface area contributed by atoms with Gasteiger partial charge < -0.3 is 0 Å². The van der Waals surface area contributed by atoms with E-state index in [9.17, 15) is 4.79 Å². The van der Waals surface area contributed by atoms with Crippen LogP contribution in [0.1, 0.15) is 10.4 Å². The van der Waals surface area contributed by atoms with Crippen molar-refractivity contribution in [3.05, 3.63) is 38.6 Å². The predicted molar refractivity (Wildman–Crippen MR) is 58.4 cm³/mol. The Morgan fingerprint density at radius 1 is 1.36 bits per heavy atom. The third kappa shape index (κ3) is 3.14. The first kappa shape index (κ1) is 11.8. The van der Waals surface area contributed by atoms with Gasteiger partial charge in [-0.25, -0.2) is 4.98 Å². The highest BCUT2D eigenvalue weighted by Crippen LogP contribution is 2.20. The molecule has 14 heavy (non-hydrogen) atoms. The molecule has 1 aromatic rings. The smallest absolute Gasteiger partial charge is 0.191 e. The molecule has 6 heteroatoms. The molecule has 1 aromatic heterocycles. The molecule has 0 aliphatic rings. The number of ketones is 1. The number of allylic oxidation sites excluding steroid dienone is 1. The van der Waals surface area contributed by atoms with Crippen LogP contribution in [0.3, 0.4) is 0 Å². The second-order valence-corrected chi connectivity index (χ2v) is 4.09. The summed E-state index contributed by atoms with van der Waals surface area (Å²) < 4.78 is -0.138. The van der Waals surface area contributed by atoms with E-state index in [1.807, 2.05) is 0 Å². The summed E-state index contributed by atoms with van der Waals surface area (Å²) in [5, 5.41) is 0.424. The number of halogens is 4. The van der Waals surface area contributed by atoms with E-state index >= 15 is 0 Å². The molecule has 0 aromatic carbocycles. The maximum absolute atomic E-state index is 11.4. The highest BCUT2D eigenvalue weighted by Gasteiger charge is 2.09. The Bertz CT molecular complexity index is 398. The molecule has 0 saturated heterocycles. The van der Waals surface area contributed by atoms with E-state index in [2.05, 4.69) is 4.98 Å². The molecule has 0 spiro atoms. The van der Waals surface area contributed by atoms with Crippen LogP contribution in [-0.4, -0.2) is 10.8 Å². The van der Waals surface area contributed by atoms with Crippen LogP contribution in [0.15, 0.2) is 22.8 Å². The number of aromatic nitrogens is 1. The number of carbonyl (C=O) groups is 1. The summed E-state index contributed by atoms with van der Waals surface area (Å²) in [7, 11) is 0. The van der Waals surface area contributed by atoms with E-state index in [1.54, 1.807) is 0 Å². The molecule has 0 atom stereocenters. The van der Waals surface area contributed by atoms with Crippen LogP contribution in [0.5, 0.6) is 0 Å². The molecule has 1 heterocycles.